The second-order valence-corrected chi connectivity index (χ2v) is 5.40. The van der Waals surface area contributed by atoms with Crippen LogP contribution in [0, 0.1) is 0 Å². The van der Waals surface area contributed by atoms with Crippen molar-refractivity contribution in [2.75, 3.05) is 6.54 Å². The van der Waals surface area contributed by atoms with Crippen molar-refractivity contribution in [3.63, 3.8) is 0 Å². The Labute approximate surface area is 123 Å². The minimum absolute atomic E-state index is 0.115. The van der Waals surface area contributed by atoms with E-state index in [0.29, 0.717) is 11.6 Å². The highest BCUT2D eigenvalue weighted by Crippen LogP contribution is 2.32. The van der Waals surface area contributed by atoms with Crippen LogP contribution in [0.4, 0.5) is 0 Å². The SMILES string of the molecule is ON1CCC(c2ccccc2)=C[C@@H]1c1ccc(Cl)cc1. The van der Waals surface area contributed by atoms with Crippen LogP contribution in [-0.2, 0) is 0 Å². The van der Waals surface area contributed by atoms with E-state index >= 15 is 0 Å². The maximum atomic E-state index is 10.1. The lowest BCUT2D eigenvalue weighted by molar-refractivity contribution is -0.116. The van der Waals surface area contributed by atoms with Crippen molar-refractivity contribution < 1.29 is 5.21 Å². The molecule has 20 heavy (non-hydrogen) atoms. The van der Waals surface area contributed by atoms with Crippen LogP contribution in [0.5, 0.6) is 0 Å². The molecule has 102 valence electrons. The Morgan fingerprint density at radius 1 is 1.00 bits per heavy atom. The van der Waals surface area contributed by atoms with Crippen LogP contribution in [0.15, 0.2) is 60.7 Å². The molecule has 1 aliphatic heterocycles. The van der Waals surface area contributed by atoms with Gasteiger partial charge in [-0.1, -0.05) is 60.1 Å². The molecule has 1 heterocycles. The smallest absolute Gasteiger partial charge is 0.0786 e. The Morgan fingerprint density at radius 3 is 2.40 bits per heavy atom. The Morgan fingerprint density at radius 2 is 1.70 bits per heavy atom. The van der Waals surface area contributed by atoms with Crippen molar-refractivity contribution in [2.45, 2.75) is 12.5 Å². The van der Waals surface area contributed by atoms with E-state index < -0.39 is 0 Å². The van der Waals surface area contributed by atoms with Gasteiger partial charge in [-0.2, -0.15) is 5.06 Å². The molecule has 2 aromatic carbocycles. The molecule has 0 bridgehead atoms. The molecule has 2 nitrogen and oxygen atoms in total. The lowest BCUT2D eigenvalue weighted by Gasteiger charge is -2.30. The van der Waals surface area contributed by atoms with Crippen molar-refractivity contribution in [1.29, 1.82) is 0 Å². The van der Waals surface area contributed by atoms with Crippen molar-refractivity contribution in [1.82, 2.24) is 5.06 Å². The molecule has 3 heteroatoms. The van der Waals surface area contributed by atoms with Crippen LogP contribution in [0.3, 0.4) is 0 Å². The third kappa shape index (κ3) is 2.78. The van der Waals surface area contributed by atoms with E-state index in [2.05, 4.69) is 18.2 Å². The number of hydrogen-bond acceptors (Lipinski definition) is 2. The Balaban J connectivity index is 1.95. The summed E-state index contributed by atoms with van der Waals surface area (Å²) < 4.78 is 0. The van der Waals surface area contributed by atoms with Gasteiger partial charge < -0.3 is 5.21 Å². The molecule has 0 radical (unpaired) electrons. The molecule has 0 amide bonds. The summed E-state index contributed by atoms with van der Waals surface area (Å²) >= 11 is 5.92. The highest BCUT2D eigenvalue weighted by molar-refractivity contribution is 6.30. The van der Waals surface area contributed by atoms with Gasteiger partial charge in [0.05, 0.1) is 6.04 Å². The third-order valence-corrected chi connectivity index (χ3v) is 3.90. The maximum absolute atomic E-state index is 10.1. The molecular formula is C17H16ClNO. The van der Waals surface area contributed by atoms with E-state index in [1.54, 1.807) is 0 Å². The Bertz CT molecular complexity index is 607. The average molecular weight is 286 g/mol. The fourth-order valence-electron chi connectivity index (χ4n) is 2.56. The van der Waals surface area contributed by atoms with Gasteiger partial charge in [-0.3, -0.25) is 0 Å². The minimum Gasteiger partial charge on any atom is -0.313 e. The molecule has 0 fully saturated rings. The second-order valence-electron chi connectivity index (χ2n) is 4.97. The number of benzene rings is 2. The number of hydrogen-bond donors (Lipinski definition) is 1. The molecule has 1 aliphatic rings. The van der Waals surface area contributed by atoms with E-state index in [4.69, 9.17) is 11.6 Å². The van der Waals surface area contributed by atoms with Crippen LogP contribution in [0.25, 0.3) is 5.57 Å². The number of rotatable bonds is 2. The maximum Gasteiger partial charge on any atom is 0.0786 e. The van der Waals surface area contributed by atoms with E-state index in [1.165, 1.54) is 16.2 Å². The van der Waals surface area contributed by atoms with Crippen LogP contribution in [-0.4, -0.2) is 16.8 Å². The predicted molar refractivity (Wildman–Crippen MR) is 81.7 cm³/mol. The van der Waals surface area contributed by atoms with E-state index in [0.717, 1.165) is 12.0 Å². The average Bonchev–Trinajstić information content (AvgIpc) is 2.50. The molecule has 0 aliphatic carbocycles. The summed E-state index contributed by atoms with van der Waals surface area (Å²) in [6, 6.07) is 17.8. The van der Waals surface area contributed by atoms with Gasteiger partial charge in [0.2, 0.25) is 0 Å². The lowest BCUT2D eigenvalue weighted by Crippen LogP contribution is -2.28. The highest BCUT2D eigenvalue weighted by Gasteiger charge is 2.22. The monoisotopic (exact) mass is 285 g/mol. The zero-order chi connectivity index (χ0) is 13.9. The van der Waals surface area contributed by atoms with Gasteiger partial charge in [-0.05, 0) is 35.3 Å². The molecular weight excluding hydrogens is 270 g/mol. The van der Waals surface area contributed by atoms with E-state index in [9.17, 15) is 5.21 Å². The number of hydroxylamine groups is 2. The van der Waals surface area contributed by atoms with E-state index in [-0.39, 0.29) is 6.04 Å². The van der Waals surface area contributed by atoms with Crippen LogP contribution in [0.1, 0.15) is 23.6 Å². The lowest BCUT2D eigenvalue weighted by atomic mass is 9.94. The van der Waals surface area contributed by atoms with Gasteiger partial charge in [0.25, 0.3) is 0 Å². The molecule has 0 aromatic heterocycles. The van der Waals surface area contributed by atoms with Gasteiger partial charge in [0, 0.05) is 11.6 Å². The molecule has 2 aromatic rings. The van der Waals surface area contributed by atoms with Crippen LogP contribution >= 0.6 is 11.6 Å². The zero-order valence-corrected chi connectivity index (χ0v) is 11.8. The largest absolute Gasteiger partial charge is 0.313 e. The molecule has 0 saturated heterocycles. The Hall–Kier alpha value is -1.61. The van der Waals surface area contributed by atoms with Gasteiger partial charge in [0.1, 0.15) is 0 Å². The molecule has 1 N–H and O–H groups in total. The minimum atomic E-state index is -0.115. The molecule has 3 rings (SSSR count). The summed E-state index contributed by atoms with van der Waals surface area (Å²) in [4.78, 5) is 0. The standard InChI is InChI=1S/C17H16ClNO/c18-16-8-6-14(7-9-16)17-12-15(10-11-19(17)20)13-4-2-1-3-5-13/h1-9,12,17,20H,10-11H2/t17-/m1/s1. The highest BCUT2D eigenvalue weighted by atomic mass is 35.5. The molecule has 0 spiro atoms. The molecule has 0 saturated carbocycles. The molecule has 1 atom stereocenters. The summed E-state index contributed by atoms with van der Waals surface area (Å²) in [5.74, 6) is 0. The zero-order valence-electron chi connectivity index (χ0n) is 11.0. The van der Waals surface area contributed by atoms with Crippen molar-refractivity contribution in [2.24, 2.45) is 0 Å². The predicted octanol–water partition coefficient (Wildman–Crippen LogP) is 4.56. The fourth-order valence-corrected chi connectivity index (χ4v) is 2.68. The van der Waals surface area contributed by atoms with Crippen molar-refractivity contribution in [3.8, 4) is 0 Å². The Kier molecular flexibility index (Phi) is 3.88. The number of nitrogens with zero attached hydrogens (tertiary/aromatic N) is 1. The second kappa shape index (κ2) is 5.80. The fraction of sp³-hybridized carbons (Fsp3) is 0.176. The summed E-state index contributed by atoms with van der Waals surface area (Å²) in [5.41, 5.74) is 3.54. The first-order valence-electron chi connectivity index (χ1n) is 6.71. The van der Waals surface area contributed by atoms with Crippen LogP contribution < -0.4 is 0 Å². The van der Waals surface area contributed by atoms with Gasteiger partial charge in [-0.25, -0.2) is 0 Å². The van der Waals surface area contributed by atoms with Gasteiger partial charge >= 0.3 is 0 Å². The molecule has 0 unspecified atom stereocenters. The summed E-state index contributed by atoms with van der Waals surface area (Å²) in [6.45, 7) is 0.633. The third-order valence-electron chi connectivity index (χ3n) is 3.65. The van der Waals surface area contributed by atoms with Crippen molar-refractivity contribution in [3.05, 3.63) is 76.8 Å². The van der Waals surface area contributed by atoms with Crippen molar-refractivity contribution >= 4 is 17.2 Å². The first kappa shape index (κ1) is 13.4. The normalized spacial score (nSPS) is 19.7. The first-order chi connectivity index (χ1) is 9.74. The quantitative estimate of drug-likeness (QED) is 0.874. The first-order valence-corrected chi connectivity index (χ1v) is 7.09. The summed E-state index contributed by atoms with van der Waals surface area (Å²) in [6.07, 6.45) is 2.98. The van der Waals surface area contributed by atoms with Gasteiger partial charge in [0.15, 0.2) is 0 Å². The summed E-state index contributed by atoms with van der Waals surface area (Å²) in [5, 5.41) is 12.2. The number of halogens is 1. The topological polar surface area (TPSA) is 23.5 Å². The van der Waals surface area contributed by atoms with Gasteiger partial charge in [-0.15, -0.1) is 0 Å². The van der Waals surface area contributed by atoms with E-state index in [1.807, 2.05) is 42.5 Å². The summed E-state index contributed by atoms with van der Waals surface area (Å²) in [7, 11) is 0. The van der Waals surface area contributed by atoms with Crippen LogP contribution in [0.2, 0.25) is 5.02 Å².